The van der Waals surface area contributed by atoms with Gasteiger partial charge in [0.25, 0.3) is 0 Å². The summed E-state index contributed by atoms with van der Waals surface area (Å²) in [6.07, 6.45) is 2.05. The van der Waals surface area contributed by atoms with Gasteiger partial charge in [0, 0.05) is 5.39 Å². The van der Waals surface area contributed by atoms with Crippen molar-refractivity contribution >= 4 is 11.0 Å². The summed E-state index contributed by atoms with van der Waals surface area (Å²) in [5.41, 5.74) is 0.748. The van der Waals surface area contributed by atoms with Gasteiger partial charge in [-0.25, -0.2) is 4.39 Å². The lowest BCUT2D eigenvalue weighted by Crippen LogP contribution is -2.20. The minimum atomic E-state index is -0.223. The summed E-state index contributed by atoms with van der Waals surface area (Å²) < 4.78 is 18.8. The van der Waals surface area contributed by atoms with E-state index in [1.807, 2.05) is 6.07 Å². The third-order valence-electron chi connectivity index (χ3n) is 2.89. The Kier molecular flexibility index (Phi) is 3.79. The molecule has 1 heterocycles. The second-order valence-electron chi connectivity index (χ2n) is 4.25. The van der Waals surface area contributed by atoms with Crippen molar-refractivity contribution in [2.45, 2.75) is 32.7 Å². The Balaban J connectivity index is 2.27. The molecule has 17 heavy (non-hydrogen) atoms. The molecule has 2 aromatic rings. The number of furan rings is 1. The van der Waals surface area contributed by atoms with Gasteiger partial charge in [-0.15, -0.1) is 0 Å². The molecule has 2 rings (SSSR count). The summed E-state index contributed by atoms with van der Waals surface area (Å²) in [7, 11) is 0. The average molecular weight is 235 g/mol. The van der Waals surface area contributed by atoms with Gasteiger partial charge in [-0.1, -0.05) is 13.8 Å². The zero-order valence-electron chi connectivity index (χ0n) is 10.3. The predicted molar refractivity (Wildman–Crippen MR) is 67.5 cm³/mol. The number of halogens is 1. The number of fused-ring (bicyclic) bond motifs is 1. The van der Waals surface area contributed by atoms with Gasteiger partial charge in [0.05, 0.1) is 6.04 Å². The van der Waals surface area contributed by atoms with Crippen molar-refractivity contribution in [2.24, 2.45) is 0 Å². The normalized spacial score (nSPS) is 13.1. The van der Waals surface area contributed by atoms with Crippen molar-refractivity contribution in [3.05, 3.63) is 35.8 Å². The standard InChI is InChI=1S/C14H18FNO/c1-3-7-16-12(4-2)14-9-10-8-11(15)5-6-13(10)17-14/h5-6,8-9,12,16H,3-4,7H2,1-2H3. The summed E-state index contributed by atoms with van der Waals surface area (Å²) in [5, 5.41) is 4.25. The summed E-state index contributed by atoms with van der Waals surface area (Å²) in [4.78, 5) is 0. The van der Waals surface area contributed by atoms with Gasteiger partial charge in [0.1, 0.15) is 17.2 Å². The molecule has 0 aliphatic heterocycles. The van der Waals surface area contributed by atoms with E-state index < -0.39 is 0 Å². The van der Waals surface area contributed by atoms with Crippen LogP contribution >= 0.6 is 0 Å². The van der Waals surface area contributed by atoms with Crippen LogP contribution in [0.15, 0.2) is 28.7 Å². The molecule has 2 nitrogen and oxygen atoms in total. The molecule has 0 saturated carbocycles. The van der Waals surface area contributed by atoms with Crippen molar-refractivity contribution in [3.63, 3.8) is 0 Å². The Bertz CT molecular complexity index is 492. The minimum absolute atomic E-state index is 0.213. The monoisotopic (exact) mass is 235 g/mol. The maximum absolute atomic E-state index is 13.1. The molecular weight excluding hydrogens is 217 g/mol. The third kappa shape index (κ3) is 2.67. The summed E-state index contributed by atoms with van der Waals surface area (Å²) in [6.45, 7) is 5.21. The van der Waals surface area contributed by atoms with E-state index in [-0.39, 0.29) is 11.9 Å². The Morgan fingerprint density at radius 1 is 1.29 bits per heavy atom. The molecule has 1 aromatic carbocycles. The number of nitrogens with one attached hydrogen (secondary N) is 1. The van der Waals surface area contributed by atoms with E-state index in [1.54, 1.807) is 6.07 Å². The van der Waals surface area contributed by atoms with E-state index in [1.165, 1.54) is 12.1 Å². The van der Waals surface area contributed by atoms with Crippen molar-refractivity contribution in [1.82, 2.24) is 5.32 Å². The molecule has 1 unspecified atom stereocenters. The van der Waals surface area contributed by atoms with Crippen molar-refractivity contribution < 1.29 is 8.81 Å². The Morgan fingerprint density at radius 3 is 2.82 bits per heavy atom. The lowest BCUT2D eigenvalue weighted by atomic mass is 10.1. The second kappa shape index (κ2) is 5.32. The molecule has 0 aliphatic carbocycles. The Morgan fingerprint density at radius 2 is 2.12 bits per heavy atom. The number of benzene rings is 1. The van der Waals surface area contributed by atoms with Gasteiger partial charge in [-0.05, 0) is 43.7 Å². The summed E-state index contributed by atoms with van der Waals surface area (Å²) in [5.74, 6) is 0.668. The van der Waals surface area contributed by atoms with Gasteiger partial charge in [0.2, 0.25) is 0 Å². The minimum Gasteiger partial charge on any atom is -0.459 e. The van der Waals surface area contributed by atoms with E-state index in [4.69, 9.17) is 4.42 Å². The molecule has 0 saturated heterocycles. The van der Waals surface area contributed by atoms with Crippen molar-refractivity contribution in [2.75, 3.05) is 6.54 Å². The number of rotatable bonds is 5. The topological polar surface area (TPSA) is 25.2 Å². The molecule has 1 atom stereocenters. The smallest absolute Gasteiger partial charge is 0.134 e. The fourth-order valence-electron chi connectivity index (χ4n) is 1.97. The molecule has 0 aliphatic rings. The van der Waals surface area contributed by atoms with Crippen LogP contribution in [0.25, 0.3) is 11.0 Å². The molecule has 0 fully saturated rings. The molecule has 1 aromatic heterocycles. The highest BCUT2D eigenvalue weighted by Gasteiger charge is 2.13. The predicted octanol–water partition coefficient (Wildman–Crippen LogP) is 4.02. The first-order chi connectivity index (χ1) is 8.24. The van der Waals surface area contributed by atoms with Crippen LogP contribution in [-0.2, 0) is 0 Å². The highest BCUT2D eigenvalue weighted by Crippen LogP contribution is 2.26. The maximum atomic E-state index is 13.1. The summed E-state index contributed by atoms with van der Waals surface area (Å²) in [6, 6.07) is 6.76. The van der Waals surface area contributed by atoms with E-state index >= 15 is 0 Å². The molecule has 0 bridgehead atoms. The van der Waals surface area contributed by atoms with Crippen LogP contribution in [0.4, 0.5) is 4.39 Å². The van der Waals surface area contributed by atoms with E-state index in [0.717, 1.165) is 36.1 Å². The van der Waals surface area contributed by atoms with Crippen LogP contribution in [0.3, 0.4) is 0 Å². The van der Waals surface area contributed by atoms with Gasteiger partial charge in [-0.3, -0.25) is 0 Å². The largest absolute Gasteiger partial charge is 0.459 e. The van der Waals surface area contributed by atoms with E-state index in [9.17, 15) is 4.39 Å². The van der Waals surface area contributed by atoms with Crippen LogP contribution in [-0.4, -0.2) is 6.54 Å². The van der Waals surface area contributed by atoms with E-state index in [0.29, 0.717) is 0 Å². The van der Waals surface area contributed by atoms with Crippen LogP contribution in [0, 0.1) is 5.82 Å². The quantitative estimate of drug-likeness (QED) is 0.846. The van der Waals surface area contributed by atoms with Gasteiger partial charge in [-0.2, -0.15) is 0 Å². The molecule has 92 valence electrons. The Hall–Kier alpha value is -1.35. The number of hydrogen-bond acceptors (Lipinski definition) is 2. The highest BCUT2D eigenvalue weighted by molar-refractivity contribution is 5.78. The van der Waals surface area contributed by atoms with Gasteiger partial charge < -0.3 is 9.73 Å². The van der Waals surface area contributed by atoms with Crippen molar-refractivity contribution in [1.29, 1.82) is 0 Å². The fraction of sp³-hybridized carbons (Fsp3) is 0.429. The Labute approximate surface area is 101 Å². The summed E-state index contributed by atoms with van der Waals surface area (Å²) >= 11 is 0. The number of hydrogen-bond donors (Lipinski definition) is 1. The molecular formula is C14H18FNO. The lowest BCUT2D eigenvalue weighted by molar-refractivity contribution is 0.421. The molecule has 0 spiro atoms. The maximum Gasteiger partial charge on any atom is 0.134 e. The van der Waals surface area contributed by atoms with Crippen molar-refractivity contribution in [3.8, 4) is 0 Å². The molecule has 0 radical (unpaired) electrons. The van der Waals surface area contributed by atoms with Crippen LogP contribution in [0.2, 0.25) is 0 Å². The zero-order valence-corrected chi connectivity index (χ0v) is 10.3. The van der Waals surface area contributed by atoms with Crippen LogP contribution in [0.1, 0.15) is 38.5 Å². The van der Waals surface area contributed by atoms with Gasteiger partial charge >= 0.3 is 0 Å². The first kappa shape index (κ1) is 12.1. The van der Waals surface area contributed by atoms with E-state index in [2.05, 4.69) is 19.2 Å². The fourth-order valence-corrected chi connectivity index (χ4v) is 1.97. The van der Waals surface area contributed by atoms with Crippen LogP contribution in [0.5, 0.6) is 0 Å². The lowest BCUT2D eigenvalue weighted by Gasteiger charge is -2.13. The second-order valence-corrected chi connectivity index (χ2v) is 4.25. The highest BCUT2D eigenvalue weighted by atomic mass is 19.1. The molecule has 1 N–H and O–H groups in total. The molecule has 3 heteroatoms. The first-order valence-corrected chi connectivity index (χ1v) is 6.17. The molecule has 0 amide bonds. The third-order valence-corrected chi connectivity index (χ3v) is 2.89. The van der Waals surface area contributed by atoms with Gasteiger partial charge in [0.15, 0.2) is 0 Å². The SMILES string of the molecule is CCCNC(CC)c1cc2cc(F)ccc2o1. The average Bonchev–Trinajstić information content (AvgIpc) is 2.72. The first-order valence-electron chi connectivity index (χ1n) is 6.17. The van der Waals surface area contributed by atoms with Crippen LogP contribution < -0.4 is 5.32 Å². The zero-order chi connectivity index (χ0) is 12.3.